The van der Waals surface area contributed by atoms with Crippen LogP contribution < -0.4 is 4.18 Å². The van der Waals surface area contributed by atoms with Gasteiger partial charge in [0.05, 0.1) is 9.13 Å². The van der Waals surface area contributed by atoms with Crippen molar-refractivity contribution in [1.29, 1.82) is 5.26 Å². The molecule has 0 atom stereocenters. The van der Waals surface area contributed by atoms with Gasteiger partial charge in [0.1, 0.15) is 6.07 Å². The molecule has 0 spiro atoms. The van der Waals surface area contributed by atoms with Crippen molar-refractivity contribution in [3.63, 3.8) is 0 Å². The number of alkyl halides is 3. The van der Waals surface area contributed by atoms with Gasteiger partial charge in [-0.3, -0.25) is 0 Å². The average Bonchev–Trinajstić information content (AvgIpc) is 2.19. The zero-order valence-electron chi connectivity index (χ0n) is 7.82. The summed E-state index contributed by atoms with van der Waals surface area (Å²) in [6.45, 7) is 0. The SMILES string of the molecule is N#Cc1cccc(I)c1OS(=O)(=O)C(F)(F)F. The third kappa shape index (κ3) is 3.01. The fourth-order valence-electron chi connectivity index (χ4n) is 0.839. The van der Waals surface area contributed by atoms with Crippen molar-refractivity contribution in [3.05, 3.63) is 27.3 Å². The van der Waals surface area contributed by atoms with Crippen molar-refractivity contribution >= 4 is 32.7 Å². The van der Waals surface area contributed by atoms with Crippen LogP contribution in [-0.2, 0) is 10.1 Å². The zero-order chi connectivity index (χ0) is 13.3. The Morgan fingerprint density at radius 1 is 1.35 bits per heavy atom. The third-order valence-corrected chi connectivity index (χ3v) is 3.37. The highest BCUT2D eigenvalue weighted by molar-refractivity contribution is 14.1. The van der Waals surface area contributed by atoms with Crippen LogP contribution in [0.1, 0.15) is 5.56 Å². The topological polar surface area (TPSA) is 67.2 Å². The van der Waals surface area contributed by atoms with E-state index in [0.29, 0.717) is 0 Å². The van der Waals surface area contributed by atoms with E-state index < -0.39 is 21.4 Å². The molecule has 0 bridgehead atoms. The van der Waals surface area contributed by atoms with Crippen LogP contribution in [-0.4, -0.2) is 13.9 Å². The lowest BCUT2D eigenvalue weighted by atomic mass is 10.2. The molecule has 0 saturated carbocycles. The van der Waals surface area contributed by atoms with Crippen LogP contribution in [0.3, 0.4) is 0 Å². The molecule has 0 aliphatic heterocycles. The number of nitriles is 1. The number of rotatable bonds is 2. The predicted octanol–water partition coefficient (Wildman–Crippen LogP) is 2.39. The number of nitrogens with zero attached hydrogens (tertiary/aromatic N) is 1. The summed E-state index contributed by atoms with van der Waals surface area (Å²) in [5.74, 6) is -0.618. The van der Waals surface area contributed by atoms with Gasteiger partial charge in [-0.25, -0.2) is 0 Å². The van der Waals surface area contributed by atoms with Gasteiger partial charge in [-0.1, -0.05) is 6.07 Å². The van der Waals surface area contributed by atoms with Gasteiger partial charge in [-0.15, -0.1) is 0 Å². The van der Waals surface area contributed by atoms with Crippen LogP contribution in [0, 0.1) is 14.9 Å². The summed E-state index contributed by atoms with van der Waals surface area (Å²) < 4.78 is 61.9. The van der Waals surface area contributed by atoms with Gasteiger partial charge in [0.25, 0.3) is 0 Å². The summed E-state index contributed by atoms with van der Waals surface area (Å²) in [7, 11) is -5.76. The van der Waals surface area contributed by atoms with E-state index in [1.807, 2.05) is 0 Å². The van der Waals surface area contributed by atoms with E-state index in [1.54, 1.807) is 28.7 Å². The lowest BCUT2D eigenvalue weighted by molar-refractivity contribution is -0.0500. The van der Waals surface area contributed by atoms with Crippen molar-refractivity contribution < 1.29 is 25.8 Å². The molecule has 0 amide bonds. The maximum Gasteiger partial charge on any atom is 0.534 e. The van der Waals surface area contributed by atoms with Crippen LogP contribution in [0.5, 0.6) is 5.75 Å². The van der Waals surface area contributed by atoms with Gasteiger partial charge in [0.15, 0.2) is 5.75 Å². The standard InChI is InChI=1S/C8H3F3INO3S/c9-8(10,11)17(14,15)16-7-5(4-13)2-1-3-6(7)12/h1-3H. The molecule has 92 valence electrons. The van der Waals surface area contributed by atoms with E-state index in [2.05, 4.69) is 4.18 Å². The molecule has 0 heterocycles. The Labute approximate surface area is 108 Å². The average molecular weight is 377 g/mol. The van der Waals surface area contributed by atoms with Crippen molar-refractivity contribution in [2.75, 3.05) is 0 Å². The largest absolute Gasteiger partial charge is 0.534 e. The second kappa shape index (κ2) is 4.69. The maximum atomic E-state index is 12.1. The molecule has 0 radical (unpaired) electrons. The maximum absolute atomic E-state index is 12.1. The predicted molar refractivity (Wildman–Crippen MR) is 59.5 cm³/mol. The van der Waals surface area contributed by atoms with Gasteiger partial charge >= 0.3 is 15.6 Å². The molecule has 1 aromatic carbocycles. The van der Waals surface area contributed by atoms with Gasteiger partial charge in [-0.05, 0) is 34.7 Å². The van der Waals surface area contributed by atoms with E-state index in [-0.39, 0.29) is 9.13 Å². The summed E-state index contributed by atoms with van der Waals surface area (Å²) in [4.78, 5) is 0. The summed E-state index contributed by atoms with van der Waals surface area (Å²) in [5, 5.41) is 8.63. The van der Waals surface area contributed by atoms with E-state index >= 15 is 0 Å². The highest BCUT2D eigenvalue weighted by Crippen LogP contribution is 2.31. The van der Waals surface area contributed by atoms with Crippen molar-refractivity contribution in [2.45, 2.75) is 5.51 Å². The first kappa shape index (κ1) is 14.0. The minimum Gasteiger partial charge on any atom is -0.373 e. The van der Waals surface area contributed by atoms with Crippen LogP contribution in [0.2, 0.25) is 0 Å². The quantitative estimate of drug-likeness (QED) is 0.451. The van der Waals surface area contributed by atoms with Crippen LogP contribution in [0.4, 0.5) is 13.2 Å². The molecular formula is C8H3F3INO3S. The first-order chi connectivity index (χ1) is 7.69. The Morgan fingerprint density at radius 2 is 1.94 bits per heavy atom. The van der Waals surface area contributed by atoms with E-state index in [4.69, 9.17) is 5.26 Å². The van der Waals surface area contributed by atoms with Gasteiger partial charge in [0.2, 0.25) is 0 Å². The molecule has 0 saturated heterocycles. The zero-order valence-corrected chi connectivity index (χ0v) is 10.8. The number of halogens is 4. The minimum atomic E-state index is -5.76. The summed E-state index contributed by atoms with van der Waals surface area (Å²) in [6, 6.07) is 5.42. The molecule has 4 nitrogen and oxygen atoms in total. The van der Waals surface area contributed by atoms with Crippen molar-refractivity contribution in [3.8, 4) is 11.8 Å². The Hall–Kier alpha value is -1.02. The monoisotopic (exact) mass is 377 g/mol. The van der Waals surface area contributed by atoms with Gasteiger partial charge in [0, 0.05) is 0 Å². The van der Waals surface area contributed by atoms with Crippen LogP contribution in [0.25, 0.3) is 0 Å². The van der Waals surface area contributed by atoms with Gasteiger partial charge in [-0.2, -0.15) is 26.9 Å². The van der Waals surface area contributed by atoms with Crippen LogP contribution in [0.15, 0.2) is 18.2 Å². The normalized spacial score (nSPS) is 11.9. The second-order valence-corrected chi connectivity index (χ2v) is 5.41. The molecule has 17 heavy (non-hydrogen) atoms. The van der Waals surface area contributed by atoms with Crippen molar-refractivity contribution in [1.82, 2.24) is 0 Å². The summed E-state index contributed by atoms with van der Waals surface area (Å²) in [5.41, 5.74) is -5.82. The molecule has 0 fully saturated rings. The molecular weight excluding hydrogens is 374 g/mol. The number of hydrogen-bond donors (Lipinski definition) is 0. The van der Waals surface area contributed by atoms with E-state index in [9.17, 15) is 21.6 Å². The van der Waals surface area contributed by atoms with Crippen LogP contribution >= 0.6 is 22.6 Å². The fraction of sp³-hybridized carbons (Fsp3) is 0.125. The number of para-hydroxylation sites is 1. The Kier molecular flexibility index (Phi) is 3.88. The molecule has 0 aromatic heterocycles. The first-order valence-electron chi connectivity index (χ1n) is 3.88. The molecule has 9 heteroatoms. The molecule has 1 aromatic rings. The molecule has 0 aliphatic rings. The number of hydrogen-bond acceptors (Lipinski definition) is 4. The molecule has 0 unspecified atom stereocenters. The number of benzene rings is 1. The smallest absolute Gasteiger partial charge is 0.373 e. The third-order valence-electron chi connectivity index (χ3n) is 1.56. The minimum absolute atomic E-state index is 0.0921. The molecule has 1 rings (SSSR count). The Morgan fingerprint density at radius 3 is 2.41 bits per heavy atom. The highest BCUT2D eigenvalue weighted by atomic mass is 127. The summed E-state index contributed by atoms with van der Waals surface area (Å²) in [6.07, 6.45) is 0. The van der Waals surface area contributed by atoms with E-state index in [1.165, 1.54) is 12.1 Å². The van der Waals surface area contributed by atoms with Gasteiger partial charge < -0.3 is 4.18 Å². The molecule has 0 aliphatic carbocycles. The molecule has 0 N–H and O–H groups in total. The Balaban J connectivity index is 3.27. The Bertz CT molecular complexity index is 577. The van der Waals surface area contributed by atoms with E-state index in [0.717, 1.165) is 6.07 Å². The fourth-order valence-corrected chi connectivity index (χ4v) is 2.09. The summed E-state index contributed by atoms with van der Waals surface area (Å²) >= 11 is 1.57. The lowest BCUT2D eigenvalue weighted by Crippen LogP contribution is -2.28. The van der Waals surface area contributed by atoms with Crippen molar-refractivity contribution in [2.24, 2.45) is 0 Å². The first-order valence-corrected chi connectivity index (χ1v) is 6.37. The highest BCUT2D eigenvalue weighted by Gasteiger charge is 2.49. The lowest BCUT2D eigenvalue weighted by Gasteiger charge is -2.11. The second-order valence-electron chi connectivity index (χ2n) is 2.71.